The summed E-state index contributed by atoms with van der Waals surface area (Å²) in [5.41, 5.74) is 6.86. The van der Waals surface area contributed by atoms with Gasteiger partial charge in [-0.1, -0.05) is 20.8 Å². The van der Waals surface area contributed by atoms with E-state index >= 15 is 0 Å². The van der Waals surface area contributed by atoms with Gasteiger partial charge in [0.05, 0.1) is 4.90 Å². The summed E-state index contributed by atoms with van der Waals surface area (Å²) < 4.78 is 28.3. The summed E-state index contributed by atoms with van der Waals surface area (Å²) in [5, 5.41) is 0. The smallest absolute Gasteiger partial charge is 0.241 e. The highest BCUT2D eigenvalue weighted by atomic mass is 79.9. The first-order valence-corrected chi connectivity index (χ1v) is 8.54. The third-order valence-corrected chi connectivity index (χ3v) is 5.45. The van der Waals surface area contributed by atoms with Crippen LogP contribution < -0.4 is 10.5 Å². The van der Waals surface area contributed by atoms with Crippen molar-refractivity contribution in [3.05, 3.63) is 22.2 Å². The van der Waals surface area contributed by atoms with Gasteiger partial charge in [-0.15, -0.1) is 0 Å². The lowest BCUT2D eigenvalue weighted by atomic mass is 10.0. The Bertz CT molecular complexity index is 556. The molecule has 0 aliphatic heterocycles. The highest BCUT2D eigenvalue weighted by Crippen LogP contribution is 2.27. The maximum atomic E-state index is 12.4. The predicted octanol–water partition coefficient (Wildman–Crippen LogP) is 3.05. The Morgan fingerprint density at radius 2 is 1.95 bits per heavy atom. The van der Waals surface area contributed by atoms with E-state index in [2.05, 4.69) is 20.7 Å². The van der Waals surface area contributed by atoms with E-state index in [1.807, 2.05) is 20.8 Å². The molecular formula is C13H21BrN2O2S. The Kier molecular flexibility index (Phi) is 5.41. The van der Waals surface area contributed by atoms with E-state index in [9.17, 15) is 8.42 Å². The third-order valence-electron chi connectivity index (χ3n) is 3.13. The molecule has 3 N–H and O–H groups in total. The molecule has 108 valence electrons. The molecule has 0 spiro atoms. The lowest BCUT2D eigenvalue weighted by Crippen LogP contribution is -2.38. The molecule has 0 saturated carbocycles. The van der Waals surface area contributed by atoms with Crippen molar-refractivity contribution in [2.45, 2.75) is 45.1 Å². The van der Waals surface area contributed by atoms with Crippen LogP contribution in [-0.2, 0) is 10.0 Å². The molecule has 0 radical (unpaired) electrons. The molecule has 0 aromatic heterocycles. The Hall–Kier alpha value is -0.590. The molecule has 19 heavy (non-hydrogen) atoms. The van der Waals surface area contributed by atoms with Gasteiger partial charge < -0.3 is 5.73 Å². The highest BCUT2D eigenvalue weighted by molar-refractivity contribution is 9.10. The Morgan fingerprint density at radius 1 is 1.37 bits per heavy atom. The van der Waals surface area contributed by atoms with Crippen molar-refractivity contribution < 1.29 is 8.42 Å². The molecule has 1 atom stereocenters. The van der Waals surface area contributed by atoms with E-state index in [-0.39, 0.29) is 16.9 Å². The average Bonchev–Trinajstić information content (AvgIpc) is 2.30. The number of anilines is 1. The summed E-state index contributed by atoms with van der Waals surface area (Å²) in [4.78, 5) is 0.243. The van der Waals surface area contributed by atoms with Crippen LogP contribution in [0.4, 0.5) is 5.69 Å². The standard InChI is InChI=1S/C13H21BrN2O2S/c1-5-12(8(2)3)16-19(17,18)13-7-11(15)10(14)6-9(13)4/h6-8,12,16H,5,15H2,1-4H3. The second-order valence-electron chi connectivity index (χ2n) is 5.02. The number of hydrogen-bond acceptors (Lipinski definition) is 3. The fourth-order valence-corrected chi connectivity index (χ4v) is 4.10. The van der Waals surface area contributed by atoms with Crippen LogP contribution in [0.2, 0.25) is 0 Å². The van der Waals surface area contributed by atoms with E-state index in [1.54, 1.807) is 13.0 Å². The number of nitrogen functional groups attached to an aromatic ring is 1. The number of nitrogens with one attached hydrogen (secondary N) is 1. The van der Waals surface area contributed by atoms with Crippen LogP contribution >= 0.6 is 15.9 Å². The second kappa shape index (κ2) is 6.24. The molecule has 0 fully saturated rings. The molecule has 6 heteroatoms. The number of nitrogens with two attached hydrogens (primary N) is 1. The second-order valence-corrected chi connectivity index (χ2v) is 7.56. The molecule has 1 rings (SSSR count). The van der Waals surface area contributed by atoms with Crippen molar-refractivity contribution in [1.82, 2.24) is 4.72 Å². The molecule has 0 heterocycles. The van der Waals surface area contributed by atoms with Crippen molar-refractivity contribution >= 4 is 31.6 Å². The topological polar surface area (TPSA) is 72.2 Å². The first-order valence-electron chi connectivity index (χ1n) is 6.27. The third kappa shape index (κ3) is 3.94. The summed E-state index contributed by atoms with van der Waals surface area (Å²) >= 11 is 3.29. The summed E-state index contributed by atoms with van der Waals surface area (Å²) in [6, 6.07) is 3.14. The van der Waals surface area contributed by atoms with E-state index in [0.717, 1.165) is 6.42 Å². The number of halogens is 1. The van der Waals surface area contributed by atoms with Crippen LogP contribution in [0, 0.1) is 12.8 Å². The van der Waals surface area contributed by atoms with Gasteiger partial charge >= 0.3 is 0 Å². The van der Waals surface area contributed by atoms with E-state index in [4.69, 9.17) is 5.73 Å². The van der Waals surface area contributed by atoms with Crippen molar-refractivity contribution in [2.75, 3.05) is 5.73 Å². The molecule has 0 amide bonds. The zero-order valence-corrected chi connectivity index (χ0v) is 14.1. The number of hydrogen-bond donors (Lipinski definition) is 2. The van der Waals surface area contributed by atoms with Gasteiger partial charge in [0.1, 0.15) is 0 Å². The van der Waals surface area contributed by atoms with Crippen molar-refractivity contribution in [3.8, 4) is 0 Å². The maximum Gasteiger partial charge on any atom is 0.241 e. The molecule has 0 bridgehead atoms. The summed E-state index contributed by atoms with van der Waals surface area (Å²) in [6.07, 6.45) is 0.752. The molecule has 4 nitrogen and oxygen atoms in total. The highest BCUT2D eigenvalue weighted by Gasteiger charge is 2.23. The zero-order valence-electron chi connectivity index (χ0n) is 11.7. The SMILES string of the molecule is CCC(NS(=O)(=O)c1cc(N)c(Br)cc1C)C(C)C. The molecule has 0 saturated heterocycles. The Morgan fingerprint density at radius 3 is 2.42 bits per heavy atom. The van der Waals surface area contributed by atoms with Crippen molar-refractivity contribution in [3.63, 3.8) is 0 Å². The lowest BCUT2D eigenvalue weighted by molar-refractivity contribution is 0.437. The molecule has 1 unspecified atom stereocenters. The molecular weight excluding hydrogens is 328 g/mol. The summed E-state index contributed by atoms with van der Waals surface area (Å²) in [6.45, 7) is 7.73. The van der Waals surface area contributed by atoms with Gasteiger partial charge in [-0.2, -0.15) is 0 Å². The molecule has 1 aromatic rings. The quantitative estimate of drug-likeness (QED) is 0.803. The molecule has 0 aliphatic rings. The minimum absolute atomic E-state index is 0.0747. The number of rotatable bonds is 5. The van der Waals surface area contributed by atoms with Gasteiger partial charge in [0.25, 0.3) is 0 Å². The average molecular weight is 349 g/mol. The van der Waals surface area contributed by atoms with Crippen molar-refractivity contribution in [2.24, 2.45) is 5.92 Å². The van der Waals surface area contributed by atoms with Crippen LogP contribution in [0.3, 0.4) is 0 Å². The van der Waals surface area contributed by atoms with Gasteiger partial charge in [0, 0.05) is 16.2 Å². The van der Waals surface area contributed by atoms with E-state index < -0.39 is 10.0 Å². The zero-order chi connectivity index (χ0) is 14.8. The largest absolute Gasteiger partial charge is 0.398 e. The van der Waals surface area contributed by atoms with Gasteiger partial charge in [-0.3, -0.25) is 0 Å². The fraction of sp³-hybridized carbons (Fsp3) is 0.538. The fourth-order valence-electron chi connectivity index (χ4n) is 1.91. The van der Waals surface area contributed by atoms with Gasteiger partial charge in [-0.25, -0.2) is 13.1 Å². The van der Waals surface area contributed by atoms with E-state index in [0.29, 0.717) is 15.7 Å². The lowest BCUT2D eigenvalue weighted by Gasteiger charge is -2.21. The van der Waals surface area contributed by atoms with Crippen LogP contribution in [0.5, 0.6) is 0 Å². The number of sulfonamides is 1. The number of benzene rings is 1. The first kappa shape index (κ1) is 16.5. The molecule has 1 aromatic carbocycles. The van der Waals surface area contributed by atoms with Crippen LogP contribution in [0.15, 0.2) is 21.5 Å². The van der Waals surface area contributed by atoms with Crippen LogP contribution in [0.25, 0.3) is 0 Å². The monoisotopic (exact) mass is 348 g/mol. The summed E-state index contributed by atoms with van der Waals surface area (Å²) in [5.74, 6) is 0.243. The van der Waals surface area contributed by atoms with Gasteiger partial charge in [-0.05, 0) is 52.9 Å². The first-order chi connectivity index (χ1) is 8.69. The normalized spacial score (nSPS) is 13.8. The maximum absolute atomic E-state index is 12.4. The summed E-state index contributed by atoms with van der Waals surface area (Å²) in [7, 11) is -3.54. The minimum atomic E-state index is -3.54. The van der Waals surface area contributed by atoms with E-state index in [1.165, 1.54) is 6.07 Å². The van der Waals surface area contributed by atoms with Gasteiger partial charge in [0.15, 0.2) is 0 Å². The van der Waals surface area contributed by atoms with Gasteiger partial charge in [0.2, 0.25) is 10.0 Å². The Balaban J connectivity index is 3.17. The number of aryl methyl sites for hydroxylation is 1. The van der Waals surface area contributed by atoms with Crippen molar-refractivity contribution in [1.29, 1.82) is 0 Å². The molecule has 0 aliphatic carbocycles. The minimum Gasteiger partial charge on any atom is -0.398 e. The van der Waals surface area contributed by atoms with Crippen LogP contribution in [-0.4, -0.2) is 14.5 Å². The Labute approximate surface area is 124 Å². The predicted molar refractivity (Wildman–Crippen MR) is 82.5 cm³/mol. The van der Waals surface area contributed by atoms with Crippen LogP contribution in [0.1, 0.15) is 32.8 Å².